The summed E-state index contributed by atoms with van der Waals surface area (Å²) in [6.45, 7) is 4.37. The van der Waals surface area contributed by atoms with Crippen LogP contribution in [0.1, 0.15) is 36.4 Å². The first-order valence-electron chi connectivity index (χ1n) is 6.24. The summed E-state index contributed by atoms with van der Waals surface area (Å²) < 4.78 is 6.24. The molecule has 0 bridgehead atoms. The lowest BCUT2D eigenvalue weighted by molar-refractivity contribution is 0.411. The van der Waals surface area contributed by atoms with Gasteiger partial charge in [0.15, 0.2) is 0 Å². The van der Waals surface area contributed by atoms with E-state index in [9.17, 15) is 0 Å². The van der Waals surface area contributed by atoms with E-state index in [-0.39, 0.29) is 0 Å². The third-order valence-corrected chi connectivity index (χ3v) is 4.82. The van der Waals surface area contributed by atoms with Crippen LogP contribution in [0.2, 0.25) is 0 Å². The van der Waals surface area contributed by atoms with Crippen LogP contribution in [-0.4, -0.2) is 7.11 Å². The first-order chi connectivity index (χ1) is 9.11. The summed E-state index contributed by atoms with van der Waals surface area (Å²) in [7, 11) is 1.68. The van der Waals surface area contributed by atoms with Crippen LogP contribution in [0.5, 0.6) is 5.75 Å². The Morgan fingerprint density at radius 1 is 1.21 bits per heavy atom. The quantitative estimate of drug-likeness (QED) is 0.833. The minimum Gasteiger partial charge on any atom is -0.496 e. The molecule has 0 aliphatic heterocycles. The molecule has 2 atom stereocenters. The van der Waals surface area contributed by atoms with Gasteiger partial charge in [-0.2, -0.15) is 0 Å². The molecule has 0 saturated heterocycles. The van der Waals surface area contributed by atoms with Crippen LogP contribution in [0.4, 0.5) is 0 Å². The molecule has 2 aromatic rings. The van der Waals surface area contributed by atoms with Crippen molar-refractivity contribution in [3.05, 3.63) is 50.6 Å². The molecule has 2 rings (SSSR count). The molecule has 0 amide bonds. The van der Waals surface area contributed by atoms with E-state index in [1.165, 1.54) is 10.4 Å². The predicted octanol–water partition coefficient (Wildman–Crippen LogP) is 4.93. The van der Waals surface area contributed by atoms with Crippen LogP contribution >= 0.6 is 27.3 Å². The molecule has 102 valence electrons. The largest absolute Gasteiger partial charge is 0.496 e. The number of rotatable bonds is 5. The number of methoxy groups -OCH3 is 1. The number of halogens is 1. The number of nitrogens with one attached hydrogen (secondary N) is 1. The highest BCUT2D eigenvalue weighted by Gasteiger charge is 2.13. The molecule has 0 aliphatic carbocycles. The summed E-state index contributed by atoms with van der Waals surface area (Å²) in [5.74, 6) is 0.863. The van der Waals surface area contributed by atoms with Crippen molar-refractivity contribution in [2.45, 2.75) is 25.9 Å². The lowest BCUT2D eigenvalue weighted by atomic mass is 10.1. The summed E-state index contributed by atoms with van der Waals surface area (Å²) >= 11 is 5.32. The van der Waals surface area contributed by atoms with Crippen LogP contribution in [0.25, 0.3) is 0 Å². The van der Waals surface area contributed by atoms with Crippen LogP contribution in [0.15, 0.2) is 40.2 Å². The maximum atomic E-state index is 5.25. The highest BCUT2D eigenvalue weighted by atomic mass is 79.9. The highest BCUT2D eigenvalue weighted by Crippen LogP contribution is 2.29. The lowest BCUT2D eigenvalue weighted by Gasteiger charge is -2.20. The van der Waals surface area contributed by atoms with E-state index in [0.29, 0.717) is 12.1 Å². The standard InChI is InChI=1S/C15H18BrNOS/c1-10(17-11(2)15-5-4-8-19-15)12-6-7-14(18-3)13(16)9-12/h4-11,17H,1-3H3/t10?,11-/m0/s1. The minimum atomic E-state index is 0.291. The van der Waals surface area contributed by atoms with Crippen molar-refractivity contribution in [1.82, 2.24) is 5.32 Å². The van der Waals surface area contributed by atoms with Gasteiger partial charge in [0.2, 0.25) is 0 Å². The molecule has 4 heteroatoms. The van der Waals surface area contributed by atoms with Gasteiger partial charge in [0.25, 0.3) is 0 Å². The Balaban J connectivity index is 2.07. The van der Waals surface area contributed by atoms with Gasteiger partial charge >= 0.3 is 0 Å². The smallest absolute Gasteiger partial charge is 0.133 e. The van der Waals surface area contributed by atoms with Crippen molar-refractivity contribution < 1.29 is 4.74 Å². The van der Waals surface area contributed by atoms with E-state index >= 15 is 0 Å². The molecule has 0 spiro atoms. The molecule has 1 aromatic heterocycles. The van der Waals surface area contributed by atoms with E-state index in [0.717, 1.165) is 10.2 Å². The predicted molar refractivity (Wildman–Crippen MR) is 85.0 cm³/mol. The molecular weight excluding hydrogens is 322 g/mol. The number of thiophene rings is 1. The number of hydrogen-bond donors (Lipinski definition) is 1. The van der Waals surface area contributed by atoms with Gasteiger partial charge in [-0.1, -0.05) is 12.1 Å². The third-order valence-electron chi connectivity index (χ3n) is 3.15. The van der Waals surface area contributed by atoms with Gasteiger partial charge in [0.1, 0.15) is 5.75 Å². The average Bonchev–Trinajstić information content (AvgIpc) is 2.92. The molecule has 1 heterocycles. The maximum absolute atomic E-state index is 5.25. The van der Waals surface area contributed by atoms with Crippen LogP contribution < -0.4 is 10.1 Å². The van der Waals surface area contributed by atoms with E-state index in [2.05, 4.69) is 64.7 Å². The molecule has 2 nitrogen and oxygen atoms in total. The van der Waals surface area contributed by atoms with Crippen molar-refractivity contribution in [3.8, 4) is 5.75 Å². The zero-order valence-electron chi connectivity index (χ0n) is 11.3. The van der Waals surface area contributed by atoms with E-state index in [1.54, 1.807) is 18.4 Å². The molecule has 0 aliphatic rings. The Kier molecular flexibility index (Phi) is 5.02. The van der Waals surface area contributed by atoms with E-state index < -0.39 is 0 Å². The first-order valence-corrected chi connectivity index (χ1v) is 7.92. The van der Waals surface area contributed by atoms with Crippen molar-refractivity contribution in [2.24, 2.45) is 0 Å². The zero-order valence-corrected chi connectivity index (χ0v) is 13.7. The molecule has 1 unspecified atom stereocenters. The summed E-state index contributed by atoms with van der Waals surface area (Å²) in [4.78, 5) is 1.36. The number of hydrogen-bond acceptors (Lipinski definition) is 3. The normalized spacial score (nSPS) is 14.1. The van der Waals surface area contributed by atoms with Gasteiger partial charge in [-0.25, -0.2) is 0 Å². The van der Waals surface area contributed by atoms with Crippen molar-refractivity contribution >= 4 is 27.3 Å². The topological polar surface area (TPSA) is 21.3 Å². The molecular formula is C15H18BrNOS. The Bertz CT molecular complexity index is 527. The molecule has 19 heavy (non-hydrogen) atoms. The summed E-state index contributed by atoms with van der Waals surface area (Å²) in [5.41, 5.74) is 1.25. The number of benzene rings is 1. The van der Waals surface area contributed by atoms with Crippen molar-refractivity contribution in [2.75, 3.05) is 7.11 Å². The van der Waals surface area contributed by atoms with Gasteiger partial charge < -0.3 is 10.1 Å². The third kappa shape index (κ3) is 3.59. The SMILES string of the molecule is COc1ccc(C(C)N[C@@H](C)c2cccs2)cc1Br. The monoisotopic (exact) mass is 339 g/mol. The number of ether oxygens (including phenoxy) is 1. The fourth-order valence-electron chi connectivity index (χ4n) is 2.04. The average molecular weight is 340 g/mol. The highest BCUT2D eigenvalue weighted by molar-refractivity contribution is 9.10. The maximum Gasteiger partial charge on any atom is 0.133 e. The molecule has 0 saturated carbocycles. The van der Waals surface area contributed by atoms with Crippen LogP contribution in [0, 0.1) is 0 Å². The summed E-state index contributed by atoms with van der Waals surface area (Å²) in [6.07, 6.45) is 0. The fraction of sp³-hybridized carbons (Fsp3) is 0.333. The molecule has 0 fully saturated rings. The lowest BCUT2D eigenvalue weighted by Crippen LogP contribution is -2.21. The van der Waals surface area contributed by atoms with Crippen molar-refractivity contribution in [1.29, 1.82) is 0 Å². The van der Waals surface area contributed by atoms with Gasteiger partial charge in [0.05, 0.1) is 11.6 Å². The molecule has 1 N–H and O–H groups in total. The molecule has 1 aromatic carbocycles. The second-order valence-corrected chi connectivity index (χ2v) is 6.35. The fourth-order valence-corrected chi connectivity index (χ4v) is 3.34. The zero-order chi connectivity index (χ0) is 13.8. The van der Waals surface area contributed by atoms with Crippen LogP contribution in [-0.2, 0) is 0 Å². The summed E-state index contributed by atoms with van der Waals surface area (Å²) in [6, 6.07) is 11.1. The first kappa shape index (κ1) is 14.6. The van der Waals surface area contributed by atoms with Gasteiger partial charge in [-0.15, -0.1) is 11.3 Å². The Morgan fingerprint density at radius 3 is 2.58 bits per heavy atom. The Hall–Kier alpha value is -0.840. The second kappa shape index (κ2) is 6.55. The minimum absolute atomic E-state index is 0.291. The van der Waals surface area contributed by atoms with Gasteiger partial charge in [-0.3, -0.25) is 0 Å². The van der Waals surface area contributed by atoms with E-state index in [1.807, 2.05) is 6.07 Å². The van der Waals surface area contributed by atoms with Gasteiger partial charge in [-0.05, 0) is 58.9 Å². The van der Waals surface area contributed by atoms with Gasteiger partial charge in [0, 0.05) is 17.0 Å². The van der Waals surface area contributed by atoms with E-state index in [4.69, 9.17) is 4.74 Å². The molecule has 0 radical (unpaired) electrons. The summed E-state index contributed by atoms with van der Waals surface area (Å²) in [5, 5.41) is 5.73. The Labute approximate surface area is 126 Å². The van der Waals surface area contributed by atoms with Crippen LogP contribution in [0.3, 0.4) is 0 Å². The second-order valence-electron chi connectivity index (χ2n) is 4.52. The van der Waals surface area contributed by atoms with Crippen molar-refractivity contribution in [3.63, 3.8) is 0 Å². The Morgan fingerprint density at radius 2 is 2.00 bits per heavy atom.